The molecule has 1 aliphatic heterocycles. The Morgan fingerprint density at radius 1 is 1.21 bits per heavy atom. The lowest BCUT2D eigenvalue weighted by Crippen LogP contribution is -2.36. The smallest absolute Gasteiger partial charge is 0.228 e. The standard InChI is InChI=1S/C18H15FN2OS2/c19-14-3-1-12(2-4-14)18-20-15(11-24-18)9-17(22)21-7-5-16-13(10-21)6-8-23-16/h1-4,6,8,11H,5,7,9-10H2. The second-order valence-electron chi connectivity index (χ2n) is 5.76. The van der Waals surface area contributed by atoms with E-state index in [9.17, 15) is 9.18 Å². The third-order valence-corrected chi connectivity index (χ3v) is 6.10. The molecular formula is C18H15FN2OS2. The zero-order valence-corrected chi connectivity index (χ0v) is 14.5. The number of fused-ring (bicyclic) bond motifs is 1. The number of aromatic nitrogens is 1. The Morgan fingerprint density at radius 3 is 2.88 bits per heavy atom. The number of carbonyl (C=O) groups excluding carboxylic acids is 1. The minimum absolute atomic E-state index is 0.114. The van der Waals surface area contributed by atoms with Gasteiger partial charge < -0.3 is 4.90 Å². The molecule has 0 saturated carbocycles. The number of hydrogen-bond acceptors (Lipinski definition) is 4. The van der Waals surface area contributed by atoms with Gasteiger partial charge in [-0.05, 0) is 47.7 Å². The largest absolute Gasteiger partial charge is 0.338 e. The Balaban J connectivity index is 1.44. The molecule has 4 rings (SSSR count). The Labute approximate surface area is 147 Å². The fraction of sp³-hybridized carbons (Fsp3) is 0.222. The summed E-state index contributed by atoms with van der Waals surface area (Å²) in [7, 11) is 0. The van der Waals surface area contributed by atoms with E-state index in [1.54, 1.807) is 23.5 Å². The van der Waals surface area contributed by atoms with Gasteiger partial charge in [-0.1, -0.05) is 0 Å². The normalized spacial score (nSPS) is 13.8. The highest BCUT2D eigenvalue weighted by Crippen LogP contribution is 2.26. The average Bonchev–Trinajstić information content (AvgIpc) is 3.24. The van der Waals surface area contributed by atoms with Crippen LogP contribution in [0, 0.1) is 5.82 Å². The molecule has 3 heterocycles. The molecule has 24 heavy (non-hydrogen) atoms. The Bertz CT molecular complexity index is 869. The number of halogens is 1. The fourth-order valence-electron chi connectivity index (χ4n) is 2.84. The zero-order valence-electron chi connectivity index (χ0n) is 12.9. The molecule has 0 radical (unpaired) electrons. The van der Waals surface area contributed by atoms with Crippen molar-refractivity contribution in [1.29, 1.82) is 0 Å². The molecule has 1 amide bonds. The second-order valence-corrected chi connectivity index (χ2v) is 7.62. The summed E-state index contributed by atoms with van der Waals surface area (Å²) in [6, 6.07) is 8.38. The van der Waals surface area contributed by atoms with E-state index in [1.807, 2.05) is 10.3 Å². The molecule has 0 atom stereocenters. The van der Waals surface area contributed by atoms with E-state index in [-0.39, 0.29) is 11.7 Å². The fourth-order valence-corrected chi connectivity index (χ4v) is 4.56. The van der Waals surface area contributed by atoms with Gasteiger partial charge in [-0.25, -0.2) is 9.37 Å². The number of hydrogen-bond donors (Lipinski definition) is 0. The van der Waals surface area contributed by atoms with E-state index in [1.165, 1.54) is 33.9 Å². The summed E-state index contributed by atoms with van der Waals surface area (Å²) in [6.45, 7) is 1.48. The van der Waals surface area contributed by atoms with Crippen molar-refractivity contribution in [2.45, 2.75) is 19.4 Å². The predicted molar refractivity (Wildman–Crippen MR) is 94.7 cm³/mol. The number of benzene rings is 1. The van der Waals surface area contributed by atoms with E-state index < -0.39 is 0 Å². The van der Waals surface area contributed by atoms with Gasteiger partial charge in [-0.3, -0.25) is 4.79 Å². The van der Waals surface area contributed by atoms with Gasteiger partial charge in [-0.2, -0.15) is 0 Å². The molecule has 0 N–H and O–H groups in total. The lowest BCUT2D eigenvalue weighted by molar-refractivity contribution is -0.131. The minimum Gasteiger partial charge on any atom is -0.338 e. The molecule has 0 saturated heterocycles. The van der Waals surface area contributed by atoms with Crippen LogP contribution in [0.2, 0.25) is 0 Å². The van der Waals surface area contributed by atoms with Crippen LogP contribution in [0.5, 0.6) is 0 Å². The quantitative estimate of drug-likeness (QED) is 0.705. The highest BCUT2D eigenvalue weighted by Gasteiger charge is 2.22. The molecule has 2 aromatic heterocycles. The molecule has 1 aliphatic rings. The van der Waals surface area contributed by atoms with Crippen molar-refractivity contribution in [2.75, 3.05) is 6.54 Å². The van der Waals surface area contributed by atoms with Crippen molar-refractivity contribution in [3.8, 4) is 10.6 Å². The summed E-state index contributed by atoms with van der Waals surface area (Å²) in [5, 5.41) is 4.82. The van der Waals surface area contributed by atoms with Crippen molar-refractivity contribution in [3.05, 3.63) is 63.0 Å². The molecular weight excluding hydrogens is 343 g/mol. The molecule has 0 bridgehead atoms. The van der Waals surface area contributed by atoms with E-state index in [4.69, 9.17) is 0 Å². The van der Waals surface area contributed by atoms with Gasteiger partial charge in [0.15, 0.2) is 0 Å². The van der Waals surface area contributed by atoms with Crippen LogP contribution >= 0.6 is 22.7 Å². The SMILES string of the molecule is O=C(Cc1csc(-c2ccc(F)cc2)n1)N1CCc2sccc2C1. The Hall–Kier alpha value is -2.05. The molecule has 1 aromatic carbocycles. The first-order chi connectivity index (χ1) is 11.7. The molecule has 0 spiro atoms. The van der Waals surface area contributed by atoms with Crippen molar-refractivity contribution < 1.29 is 9.18 Å². The van der Waals surface area contributed by atoms with E-state index in [0.717, 1.165) is 29.2 Å². The number of nitrogens with zero attached hydrogens (tertiary/aromatic N) is 2. The first kappa shape index (κ1) is 15.5. The highest BCUT2D eigenvalue weighted by molar-refractivity contribution is 7.13. The van der Waals surface area contributed by atoms with Crippen LogP contribution in [0.1, 0.15) is 16.1 Å². The topological polar surface area (TPSA) is 33.2 Å². The van der Waals surface area contributed by atoms with Crippen LogP contribution in [-0.4, -0.2) is 22.3 Å². The van der Waals surface area contributed by atoms with Gasteiger partial charge in [0.1, 0.15) is 10.8 Å². The van der Waals surface area contributed by atoms with Crippen LogP contribution in [0.3, 0.4) is 0 Å². The average molecular weight is 358 g/mol. The summed E-state index contributed by atoms with van der Waals surface area (Å²) in [5.74, 6) is -0.147. The van der Waals surface area contributed by atoms with Crippen LogP contribution < -0.4 is 0 Å². The van der Waals surface area contributed by atoms with Crippen LogP contribution in [-0.2, 0) is 24.2 Å². The van der Waals surface area contributed by atoms with Gasteiger partial charge in [-0.15, -0.1) is 22.7 Å². The van der Waals surface area contributed by atoms with Crippen LogP contribution in [0.15, 0.2) is 41.1 Å². The van der Waals surface area contributed by atoms with Crippen molar-refractivity contribution >= 4 is 28.6 Å². The summed E-state index contributed by atoms with van der Waals surface area (Å²) in [6.07, 6.45) is 1.26. The molecule has 0 fully saturated rings. The Morgan fingerprint density at radius 2 is 2.04 bits per heavy atom. The second kappa shape index (κ2) is 6.45. The zero-order chi connectivity index (χ0) is 16.5. The van der Waals surface area contributed by atoms with E-state index in [0.29, 0.717) is 13.0 Å². The lowest BCUT2D eigenvalue weighted by atomic mass is 10.1. The van der Waals surface area contributed by atoms with Crippen molar-refractivity contribution in [1.82, 2.24) is 9.88 Å². The number of amides is 1. The molecule has 3 aromatic rings. The number of thiophene rings is 1. The van der Waals surface area contributed by atoms with Crippen molar-refractivity contribution in [2.24, 2.45) is 0 Å². The summed E-state index contributed by atoms with van der Waals surface area (Å²) < 4.78 is 13.0. The lowest BCUT2D eigenvalue weighted by Gasteiger charge is -2.26. The maximum Gasteiger partial charge on any atom is 0.228 e. The van der Waals surface area contributed by atoms with Crippen LogP contribution in [0.25, 0.3) is 10.6 Å². The van der Waals surface area contributed by atoms with Crippen molar-refractivity contribution in [3.63, 3.8) is 0 Å². The third-order valence-electron chi connectivity index (χ3n) is 4.14. The molecule has 0 unspecified atom stereocenters. The van der Waals surface area contributed by atoms with E-state index >= 15 is 0 Å². The maximum atomic E-state index is 13.0. The summed E-state index contributed by atoms with van der Waals surface area (Å²) in [4.78, 5) is 20.4. The molecule has 0 aliphatic carbocycles. The summed E-state index contributed by atoms with van der Waals surface area (Å²) in [5.41, 5.74) is 2.92. The highest BCUT2D eigenvalue weighted by atomic mass is 32.1. The molecule has 6 heteroatoms. The Kier molecular flexibility index (Phi) is 4.16. The number of carbonyl (C=O) groups is 1. The first-order valence-electron chi connectivity index (χ1n) is 7.72. The summed E-state index contributed by atoms with van der Waals surface area (Å²) >= 11 is 3.25. The molecule has 3 nitrogen and oxygen atoms in total. The predicted octanol–water partition coefficient (Wildman–Crippen LogP) is 4.14. The third kappa shape index (κ3) is 3.12. The van der Waals surface area contributed by atoms with Gasteiger partial charge >= 0.3 is 0 Å². The van der Waals surface area contributed by atoms with E-state index in [2.05, 4.69) is 16.4 Å². The van der Waals surface area contributed by atoms with Gasteiger partial charge in [0.2, 0.25) is 5.91 Å². The minimum atomic E-state index is -0.261. The van der Waals surface area contributed by atoms with Gasteiger partial charge in [0.05, 0.1) is 12.1 Å². The number of thiazole rings is 1. The molecule has 122 valence electrons. The van der Waals surface area contributed by atoms with Gasteiger partial charge in [0, 0.05) is 28.9 Å². The maximum absolute atomic E-state index is 13.0. The van der Waals surface area contributed by atoms with Gasteiger partial charge in [0.25, 0.3) is 0 Å². The number of rotatable bonds is 3. The van der Waals surface area contributed by atoms with Crippen LogP contribution in [0.4, 0.5) is 4.39 Å². The monoisotopic (exact) mass is 358 g/mol. The first-order valence-corrected chi connectivity index (χ1v) is 9.48.